The molecule has 2 aromatic carbocycles. The van der Waals surface area contributed by atoms with Gasteiger partial charge in [-0.1, -0.05) is 18.2 Å². The van der Waals surface area contributed by atoms with Gasteiger partial charge in [0.25, 0.3) is 5.56 Å². The van der Waals surface area contributed by atoms with Gasteiger partial charge in [0.05, 0.1) is 27.5 Å². The molecule has 6 heteroatoms. The van der Waals surface area contributed by atoms with Gasteiger partial charge in [-0.05, 0) is 61.7 Å². The third kappa shape index (κ3) is 2.83. The summed E-state index contributed by atoms with van der Waals surface area (Å²) in [6.07, 6.45) is 1.60. The highest BCUT2D eigenvalue weighted by Gasteiger charge is 2.15. The average Bonchev–Trinajstić information content (AvgIpc) is 3.03. The average molecular weight is 369 g/mol. The molecule has 0 aliphatic heterocycles. The molecule has 0 aliphatic rings. The van der Waals surface area contributed by atoms with E-state index in [-0.39, 0.29) is 5.56 Å². The van der Waals surface area contributed by atoms with E-state index in [0.29, 0.717) is 33.0 Å². The number of aryl methyl sites for hydroxylation is 2. The lowest BCUT2D eigenvalue weighted by molar-refractivity contribution is 1.06. The maximum atomic E-state index is 13.2. The topological polar surface area (TPSA) is 82.2 Å². The van der Waals surface area contributed by atoms with Crippen LogP contribution in [0.2, 0.25) is 0 Å². The van der Waals surface area contributed by atoms with Crippen molar-refractivity contribution in [3.63, 3.8) is 0 Å². The Bertz CT molecular complexity index is 1360. The molecule has 2 heterocycles. The van der Waals surface area contributed by atoms with Crippen LogP contribution in [0.3, 0.4) is 0 Å². The van der Waals surface area contributed by atoms with Gasteiger partial charge in [0.2, 0.25) is 0 Å². The summed E-state index contributed by atoms with van der Waals surface area (Å²) in [5, 5.41) is 10.1. The highest BCUT2D eigenvalue weighted by Crippen LogP contribution is 2.17. The van der Waals surface area contributed by atoms with Crippen molar-refractivity contribution in [3.05, 3.63) is 80.3 Å². The van der Waals surface area contributed by atoms with Crippen molar-refractivity contribution in [1.82, 2.24) is 14.8 Å². The van der Waals surface area contributed by atoms with Crippen LogP contribution in [0, 0.1) is 32.1 Å². The van der Waals surface area contributed by atoms with Crippen LogP contribution in [-0.4, -0.2) is 9.38 Å². The van der Waals surface area contributed by atoms with Crippen LogP contribution in [0.1, 0.15) is 22.3 Å². The molecule has 28 heavy (non-hydrogen) atoms. The van der Waals surface area contributed by atoms with Crippen LogP contribution < -0.4 is 21.6 Å². The SMILES string of the molecule is Cc1cc(C)cc(NNC=c2c(C)c(C#N)c3nc4ccccc4n3c2=O)c1. The number of rotatable bonds is 3. The van der Waals surface area contributed by atoms with E-state index in [1.165, 1.54) is 4.40 Å². The Hall–Kier alpha value is -3.85. The van der Waals surface area contributed by atoms with E-state index in [0.717, 1.165) is 16.8 Å². The minimum absolute atomic E-state index is 0.213. The number of nitriles is 1. The standard InChI is InChI=1S/C22H19N5O/c1-13-8-14(2)10-16(9-13)26-24-12-18-15(3)17(11-23)21-25-19-6-4-5-7-20(19)27(21)22(18)28/h4-10,12,24,26H,1-3H3. The van der Waals surface area contributed by atoms with E-state index in [2.05, 4.69) is 28.0 Å². The van der Waals surface area contributed by atoms with Crippen LogP contribution in [0.25, 0.3) is 22.9 Å². The quantitative estimate of drug-likeness (QED) is 0.543. The largest absolute Gasteiger partial charge is 0.307 e. The summed E-state index contributed by atoms with van der Waals surface area (Å²) in [6, 6.07) is 15.7. The first-order valence-corrected chi connectivity index (χ1v) is 8.93. The first-order valence-electron chi connectivity index (χ1n) is 8.93. The lowest BCUT2D eigenvalue weighted by Gasteiger charge is -2.09. The van der Waals surface area contributed by atoms with Crippen LogP contribution >= 0.6 is 0 Å². The Balaban J connectivity index is 1.86. The fraction of sp³-hybridized carbons (Fsp3) is 0.136. The first kappa shape index (κ1) is 17.6. The molecule has 0 fully saturated rings. The van der Waals surface area contributed by atoms with E-state index in [4.69, 9.17) is 0 Å². The molecular weight excluding hydrogens is 350 g/mol. The normalized spacial score (nSPS) is 11.7. The zero-order valence-electron chi connectivity index (χ0n) is 15.9. The Labute approximate surface area is 161 Å². The summed E-state index contributed by atoms with van der Waals surface area (Å²) in [7, 11) is 0. The summed E-state index contributed by atoms with van der Waals surface area (Å²) < 4.78 is 1.51. The number of para-hydroxylation sites is 2. The summed E-state index contributed by atoms with van der Waals surface area (Å²) >= 11 is 0. The van der Waals surface area contributed by atoms with E-state index in [9.17, 15) is 10.1 Å². The number of fused-ring (bicyclic) bond motifs is 3. The molecule has 0 saturated heterocycles. The third-order valence-electron chi connectivity index (χ3n) is 4.76. The molecule has 2 N–H and O–H groups in total. The van der Waals surface area contributed by atoms with Gasteiger partial charge in [0.15, 0.2) is 5.65 Å². The number of hydrogen-bond acceptors (Lipinski definition) is 5. The number of benzene rings is 2. The van der Waals surface area contributed by atoms with Crippen LogP contribution in [0.5, 0.6) is 0 Å². The Morgan fingerprint density at radius 2 is 1.82 bits per heavy atom. The molecule has 0 saturated carbocycles. The molecular formula is C22H19N5O. The zero-order chi connectivity index (χ0) is 19.8. The highest BCUT2D eigenvalue weighted by molar-refractivity contribution is 5.82. The maximum absolute atomic E-state index is 13.2. The number of nitrogens with one attached hydrogen (secondary N) is 2. The van der Waals surface area contributed by atoms with Gasteiger partial charge in [0.1, 0.15) is 6.07 Å². The lowest BCUT2D eigenvalue weighted by atomic mass is 10.1. The second-order valence-corrected chi connectivity index (χ2v) is 6.88. The van der Waals surface area contributed by atoms with Gasteiger partial charge in [0, 0.05) is 6.20 Å². The van der Waals surface area contributed by atoms with Crippen LogP contribution in [0.4, 0.5) is 5.69 Å². The van der Waals surface area contributed by atoms with E-state index in [1.54, 1.807) is 13.1 Å². The number of imidazole rings is 1. The molecule has 4 rings (SSSR count). The molecule has 6 nitrogen and oxygen atoms in total. The zero-order valence-corrected chi connectivity index (χ0v) is 15.9. The molecule has 0 bridgehead atoms. The summed E-state index contributed by atoms with van der Waals surface area (Å²) in [5.74, 6) is 0. The van der Waals surface area contributed by atoms with Crippen molar-refractivity contribution >= 4 is 28.6 Å². The number of nitrogens with zero attached hydrogens (tertiary/aromatic N) is 3. The van der Waals surface area contributed by atoms with Gasteiger partial charge < -0.3 is 10.9 Å². The molecule has 0 amide bonds. The van der Waals surface area contributed by atoms with Crippen molar-refractivity contribution in [2.75, 3.05) is 5.43 Å². The van der Waals surface area contributed by atoms with Crippen molar-refractivity contribution in [2.45, 2.75) is 20.8 Å². The fourth-order valence-corrected chi connectivity index (χ4v) is 3.52. The van der Waals surface area contributed by atoms with Crippen LogP contribution in [-0.2, 0) is 0 Å². The van der Waals surface area contributed by atoms with E-state index >= 15 is 0 Å². The van der Waals surface area contributed by atoms with E-state index < -0.39 is 0 Å². The molecule has 2 aromatic heterocycles. The molecule has 0 unspecified atom stereocenters. The number of hydrogen-bond donors (Lipinski definition) is 2. The highest BCUT2D eigenvalue weighted by atomic mass is 16.1. The predicted octanol–water partition coefficient (Wildman–Crippen LogP) is 2.72. The summed E-state index contributed by atoms with van der Waals surface area (Å²) in [6.45, 7) is 5.82. The minimum Gasteiger partial charge on any atom is -0.307 e. The monoisotopic (exact) mass is 369 g/mol. The molecule has 0 radical (unpaired) electrons. The second kappa shape index (κ2) is 6.71. The molecule has 0 atom stereocenters. The predicted molar refractivity (Wildman–Crippen MR) is 111 cm³/mol. The summed E-state index contributed by atoms with van der Waals surface area (Å²) in [5.41, 5.74) is 11.8. The second-order valence-electron chi connectivity index (χ2n) is 6.88. The smallest absolute Gasteiger partial charge is 0.265 e. The Morgan fingerprint density at radius 3 is 2.54 bits per heavy atom. The van der Waals surface area contributed by atoms with E-state index in [1.807, 2.05) is 50.2 Å². The lowest BCUT2D eigenvalue weighted by Crippen LogP contribution is -2.36. The van der Waals surface area contributed by atoms with Gasteiger partial charge in [-0.15, -0.1) is 0 Å². The van der Waals surface area contributed by atoms with Crippen molar-refractivity contribution in [1.29, 1.82) is 5.26 Å². The number of pyridine rings is 1. The Kier molecular flexibility index (Phi) is 4.21. The number of aromatic nitrogens is 2. The first-order chi connectivity index (χ1) is 13.5. The number of hydrazine groups is 1. The van der Waals surface area contributed by atoms with Crippen LogP contribution in [0.15, 0.2) is 47.3 Å². The molecule has 138 valence electrons. The molecule has 0 spiro atoms. The fourth-order valence-electron chi connectivity index (χ4n) is 3.52. The van der Waals surface area contributed by atoms with Crippen molar-refractivity contribution < 1.29 is 0 Å². The maximum Gasteiger partial charge on any atom is 0.265 e. The van der Waals surface area contributed by atoms with Gasteiger partial charge in [-0.2, -0.15) is 5.26 Å². The van der Waals surface area contributed by atoms with Gasteiger partial charge in [-0.3, -0.25) is 9.20 Å². The van der Waals surface area contributed by atoms with Crippen molar-refractivity contribution in [3.8, 4) is 6.07 Å². The Morgan fingerprint density at radius 1 is 1.11 bits per heavy atom. The third-order valence-corrected chi connectivity index (χ3v) is 4.76. The molecule has 0 aliphatic carbocycles. The summed E-state index contributed by atoms with van der Waals surface area (Å²) in [4.78, 5) is 17.6. The minimum atomic E-state index is -0.213. The van der Waals surface area contributed by atoms with Crippen molar-refractivity contribution in [2.24, 2.45) is 0 Å². The molecule has 4 aromatic rings. The van der Waals surface area contributed by atoms with Gasteiger partial charge in [-0.25, -0.2) is 4.98 Å². The van der Waals surface area contributed by atoms with Gasteiger partial charge >= 0.3 is 0 Å². The number of anilines is 1.